The molecule has 2 aromatic heterocycles. The minimum absolute atomic E-state index is 0.0734. The van der Waals surface area contributed by atoms with Crippen LogP contribution in [-0.4, -0.2) is 22.8 Å². The molecule has 0 bridgehead atoms. The monoisotopic (exact) mass is 471 g/mol. The summed E-state index contributed by atoms with van der Waals surface area (Å²) >= 11 is 0. The fourth-order valence-corrected chi connectivity index (χ4v) is 3.20. The zero-order chi connectivity index (χ0) is 24.1. The number of carbonyl (C=O) groups is 1. The van der Waals surface area contributed by atoms with Crippen molar-refractivity contribution in [1.82, 2.24) is 9.78 Å². The standard InChI is InChI=1S/C24H20F3N3O4/c1-32-20-7-2-3-8-21(20)33-15-19-9-10-22(34-19)23(31)29-18-12-28-30(14-18)13-16-5-4-6-17(11-16)24(25,26)27/h2-12,14H,13,15H2,1H3,(H,29,31). The molecule has 0 radical (unpaired) electrons. The molecule has 0 saturated carbocycles. The molecule has 4 aromatic rings. The van der Waals surface area contributed by atoms with Crippen LogP contribution < -0.4 is 14.8 Å². The first-order valence-corrected chi connectivity index (χ1v) is 10.2. The van der Waals surface area contributed by atoms with E-state index in [0.717, 1.165) is 12.1 Å². The molecular weight excluding hydrogens is 451 g/mol. The summed E-state index contributed by atoms with van der Waals surface area (Å²) < 4.78 is 56.6. The SMILES string of the molecule is COc1ccccc1OCc1ccc(C(=O)Nc2cnn(Cc3cccc(C(F)(F)F)c3)c2)o1. The molecule has 0 aliphatic heterocycles. The number of carbonyl (C=O) groups excluding carboxylic acids is 1. The third-order valence-electron chi connectivity index (χ3n) is 4.81. The first-order chi connectivity index (χ1) is 16.3. The number of aromatic nitrogens is 2. The van der Waals surface area contributed by atoms with E-state index in [9.17, 15) is 18.0 Å². The zero-order valence-corrected chi connectivity index (χ0v) is 18.0. The molecular formula is C24H20F3N3O4. The number of hydrogen-bond acceptors (Lipinski definition) is 5. The van der Waals surface area contributed by atoms with E-state index in [0.29, 0.717) is 28.5 Å². The summed E-state index contributed by atoms with van der Waals surface area (Å²) in [5.74, 6) is 1.14. The number of para-hydroxylation sites is 2. The van der Waals surface area contributed by atoms with Crippen LogP contribution in [0.3, 0.4) is 0 Å². The van der Waals surface area contributed by atoms with Crippen molar-refractivity contribution in [3.05, 3.63) is 95.7 Å². The van der Waals surface area contributed by atoms with E-state index in [2.05, 4.69) is 10.4 Å². The van der Waals surface area contributed by atoms with Gasteiger partial charge in [0, 0.05) is 6.20 Å². The van der Waals surface area contributed by atoms with Gasteiger partial charge in [-0.2, -0.15) is 18.3 Å². The summed E-state index contributed by atoms with van der Waals surface area (Å²) in [5, 5.41) is 6.74. The van der Waals surface area contributed by atoms with Crippen molar-refractivity contribution in [3.63, 3.8) is 0 Å². The Bertz CT molecular complexity index is 1280. The van der Waals surface area contributed by atoms with Gasteiger partial charge in [0.2, 0.25) is 0 Å². The Morgan fingerprint density at radius 3 is 2.65 bits per heavy atom. The van der Waals surface area contributed by atoms with E-state index in [1.54, 1.807) is 31.4 Å². The maximum absolute atomic E-state index is 12.9. The molecule has 0 saturated heterocycles. The van der Waals surface area contributed by atoms with Crippen LogP contribution in [0.4, 0.5) is 18.9 Å². The molecule has 0 spiro atoms. The summed E-state index contributed by atoms with van der Waals surface area (Å²) in [7, 11) is 1.54. The van der Waals surface area contributed by atoms with Gasteiger partial charge in [-0.25, -0.2) is 0 Å². The highest BCUT2D eigenvalue weighted by molar-refractivity contribution is 6.02. The molecule has 2 heterocycles. The average molecular weight is 471 g/mol. The molecule has 0 unspecified atom stereocenters. The molecule has 2 aromatic carbocycles. The van der Waals surface area contributed by atoms with E-state index >= 15 is 0 Å². The van der Waals surface area contributed by atoms with Gasteiger partial charge >= 0.3 is 6.18 Å². The Morgan fingerprint density at radius 2 is 1.88 bits per heavy atom. The van der Waals surface area contributed by atoms with Gasteiger partial charge in [-0.05, 0) is 42.0 Å². The number of hydrogen-bond donors (Lipinski definition) is 1. The van der Waals surface area contributed by atoms with Crippen molar-refractivity contribution < 1.29 is 31.9 Å². The van der Waals surface area contributed by atoms with Crippen LogP contribution in [0.1, 0.15) is 27.4 Å². The van der Waals surface area contributed by atoms with Gasteiger partial charge in [0.25, 0.3) is 5.91 Å². The van der Waals surface area contributed by atoms with Gasteiger partial charge in [0.05, 0.1) is 31.1 Å². The molecule has 1 N–H and O–H groups in total. The largest absolute Gasteiger partial charge is 0.493 e. The Balaban J connectivity index is 1.35. The Kier molecular flexibility index (Phi) is 6.58. The van der Waals surface area contributed by atoms with E-state index < -0.39 is 17.6 Å². The summed E-state index contributed by atoms with van der Waals surface area (Å²) in [6.45, 7) is 0.216. The minimum atomic E-state index is -4.42. The second kappa shape index (κ2) is 9.74. The summed E-state index contributed by atoms with van der Waals surface area (Å²) in [5.41, 5.74) is 0.0794. The molecule has 10 heteroatoms. The van der Waals surface area contributed by atoms with E-state index in [-0.39, 0.29) is 18.9 Å². The number of methoxy groups -OCH3 is 1. The van der Waals surface area contributed by atoms with Gasteiger partial charge in [-0.15, -0.1) is 0 Å². The summed E-state index contributed by atoms with van der Waals surface area (Å²) in [6, 6.07) is 15.3. The predicted molar refractivity (Wildman–Crippen MR) is 117 cm³/mol. The second-order valence-electron chi connectivity index (χ2n) is 7.28. The van der Waals surface area contributed by atoms with Gasteiger partial charge in [0.15, 0.2) is 17.3 Å². The van der Waals surface area contributed by atoms with E-state index in [1.807, 2.05) is 12.1 Å². The van der Waals surface area contributed by atoms with Crippen molar-refractivity contribution >= 4 is 11.6 Å². The Labute approximate surface area is 192 Å². The molecule has 1 amide bonds. The molecule has 0 aliphatic rings. The molecule has 0 aliphatic carbocycles. The van der Waals surface area contributed by atoms with Crippen LogP contribution in [0.15, 0.2) is 77.5 Å². The lowest BCUT2D eigenvalue weighted by Crippen LogP contribution is -2.10. The van der Waals surface area contributed by atoms with Crippen LogP contribution in [-0.2, 0) is 19.3 Å². The highest BCUT2D eigenvalue weighted by Crippen LogP contribution is 2.30. The van der Waals surface area contributed by atoms with Gasteiger partial charge in [-0.3, -0.25) is 9.48 Å². The number of furan rings is 1. The van der Waals surface area contributed by atoms with Crippen LogP contribution in [0.5, 0.6) is 11.5 Å². The predicted octanol–water partition coefficient (Wildman–Crippen LogP) is 5.38. The third-order valence-corrected chi connectivity index (χ3v) is 4.81. The van der Waals surface area contributed by atoms with Crippen LogP contribution in [0, 0.1) is 0 Å². The van der Waals surface area contributed by atoms with E-state index in [4.69, 9.17) is 13.9 Å². The summed E-state index contributed by atoms with van der Waals surface area (Å²) in [4.78, 5) is 12.5. The number of rotatable bonds is 8. The van der Waals surface area contributed by atoms with Crippen molar-refractivity contribution in [2.24, 2.45) is 0 Å². The number of halogens is 3. The fourth-order valence-electron chi connectivity index (χ4n) is 3.20. The fraction of sp³-hybridized carbons (Fsp3) is 0.167. The van der Waals surface area contributed by atoms with Crippen LogP contribution in [0.25, 0.3) is 0 Å². The quantitative estimate of drug-likeness (QED) is 0.373. The van der Waals surface area contributed by atoms with Crippen LogP contribution >= 0.6 is 0 Å². The lowest BCUT2D eigenvalue weighted by molar-refractivity contribution is -0.137. The smallest absolute Gasteiger partial charge is 0.416 e. The molecule has 7 nitrogen and oxygen atoms in total. The van der Waals surface area contributed by atoms with E-state index in [1.165, 1.54) is 29.2 Å². The number of anilines is 1. The van der Waals surface area contributed by atoms with Crippen molar-refractivity contribution in [2.45, 2.75) is 19.3 Å². The van der Waals surface area contributed by atoms with Gasteiger partial charge in [-0.1, -0.05) is 24.3 Å². The molecule has 0 atom stereocenters. The second-order valence-corrected chi connectivity index (χ2v) is 7.28. The number of benzene rings is 2. The zero-order valence-electron chi connectivity index (χ0n) is 18.0. The molecule has 0 fully saturated rings. The van der Waals surface area contributed by atoms with Crippen molar-refractivity contribution in [1.29, 1.82) is 0 Å². The maximum atomic E-state index is 12.9. The number of ether oxygens (including phenoxy) is 2. The first-order valence-electron chi connectivity index (χ1n) is 10.2. The maximum Gasteiger partial charge on any atom is 0.416 e. The molecule has 176 valence electrons. The number of nitrogens with zero attached hydrogens (tertiary/aromatic N) is 2. The minimum Gasteiger partial charge on any atom is -0.493 e. The Morgan fingerprint density at radius 1 is 1.09 bits per heavy atom. The Hall–Kier alpha value is -4.21. The third kappa shape index (κ3) is 5.58. The van der Waals surface area contributed by atoms with Crippen molar-refractivity contribution in [3.8, 4) is 11.5 Å². The normalized spacial score (nSPS) is 11.3. The molecule has 34 heavy (non-hydrogen) atoms. The number of amides is 1. The topological polar surface area (TPSA) is 78.5 Å². The van der Waals surface area contributed by atoms with Gasteiger partial charge in [0.1, 0.15) is 12.4 Å². The molecule has 4 rings (SSSR count). The lowest BCUT2D eigenvalue weighted by atomic mass is 10.1. The average Bonchev–Trinajstić information content (AvgIpc) is 3.47. The van der Waals surface area contributed by atoms with Crippen molar-refractivity contribution in [2.75, 3.05) is 12.4 Å². The van der Waals surface area contributed by atoms with Gasteiger partial charge < -0.3 is 19.2 Å². The first kappa shape index (κ1) is 23.0. The van der Waals surface area contributed by atoms with Crippen LogP contribution in [0.2, 0.25) is 0 Å². The lowest BCUT2D eigenvalue weighted by Gasteiger charge is -2.08. The number of alkyl halides is 3. The highest BCUT2D eigenvalue weighted by atomic mass is 19.4. The number of nitrogens with one attached hydrogen (secondary N) is 1. The highest BCUT2D eigenvalue weighted by Gasteiger charge is 2.30. The summed E-state index contributed by atoms with van der Waals surface area (Å²) in [6.07, 6.45) is -1.49.